The van der Waals surface area contributed by atoms with Gasteiger partial charge in [0, 0.05) is 12.3 Å². The van der Waals surface area contributed by atoms with Crippen LogP contribution in [0.4, 0.5) is 0 Å². The Kier molecular flexibility index (Phi) is 3.29. The predicted molar refractivity (Wildman–Crippen MR) is 57.0 cm³/mol. The van der Waals surface area contributed by atoms with Crippen molar-refractivity contribution in [2.24, 2.45) is 0 Å². The molecule has 0 aromatic heterocycles. The number of rotatable bonds is 3. The molecule has 1 rings (SSSR count). The Balaban J connectivity index is 3.01. The summed E-state index contributed by atoms with van der Waals surface area (Å²) in [7, 11) is -1.20. The molecule has 1 N–H and O–H groups in total. The van der Waals surface area contributed by atoms with Crippen molar-refractivity contribution < 1.29 is 8.42 Å². The number of benzene rings is 1. The Labute approximate surface area is 85.1 Å². The number of hydrogen-bond donors (Lipinski definition) is 1. The van der Waals surface area contributed by atoms with Crippen LogP contribution in [0.3, 0.4) is 0 Å². The topological polar surface area (TPSA) is 46.2 Å². The Hall–Kier alpha value is -0.870. The summed E-state index contributed by atoms with van der Waals surface area (Å²) in [6.45, 7) is 2.02. The van der Waals surface area contributed by atoms with Gasteiger partial charge in [-0.2, -0.15) is 0 Å². The molecule has 0 aliphatic rings. The smallest absolute Gasteiger partial charge is 0.175 e. The average Bonchev–Trinajstić information content (AvgIpc) is 2.15. The molecule has 0 amide bonds. The van der Waals surface area contributed by atoms with Gasteiger partial charge in [0.05, 0.1) is 4.90 Å². The van der Waals surface area contributed by atoms with Crippen LogP contribution in [0.15, 0.2) is 29.2 Å². The normalized spacial score (nSPS) is 13.9. The van der Waals surface area contributed by atoms with E-state index in [1.165, 1.54) is 6.26 Å². The first-order valence-electron chi connectivity index (χ1n) is 4.42. The van der Waals surface area contributed by atoms with E-state index in [0.717, 1.165) is 5.56 Å². The van der Waals surface area contributed by atoms with E-state index in [-0.39, 0.29) is 6.04 Å². The highest BCUT2D eigenvalue weighted by atomic mass is 32.2. The van der Waals surface area contributed by atoms with Crippen LogP contribution in [0, 0.1) is 0 Å². The third-order valence-corrected chi connectivity index (χ3v) is 3.37. The van der Waals surface area contributed by atoms with Crippen LogP contribution < -0.4 is 5.32 Å². The third-order valence-electron chi connectivity index (χ3n) is 2.24. The third kappa shape index (κ3) is 2.56. The van der Waals surface area contributed by atoms with Crippen LogP contribution >= 0.6 is 0 Å². The van der Waals surface area contributed by atoms with E-state index in [0.29, 0.717) is 4.90 Å². The number of sulfone groups is 1. The minimum absolute atomic E-state index is 0.239. The van der Waals surface area contributed by atoms with E-state index in [4.69, 9.17) is 0 Å². The van der Waals surface area contributed by atoms with Gasteiger partial charge in [-0.15, -0.1) is 0 Å². The summed E-state index contributed by atoms with van der Waals surface area (Å²) in [6.07, 6.45) is 1.21. The van der Waals surface area contributed by atoms with Crippen molar-refractivity contribution in [3.05, 3.63) is 29.8 Å². The molecule has 1 aromatic carbocycles. The maximum Gasteiger partial charge on any atom is 0.175 e. The molecule has 0 unspecified atom stereocenters. The summed E-state index contributed by atoms with van der Waals surface area (Å²) in [5.74, 6) is 0. The molecule has 0 aliphatic carbocycles. The molecule has 0 heterocycles. The fraction of sp³-hybridized carbons (Fsp3) is 0.400. The Morgan fingerprint density at radius 1 is 1.21 bits per heavy atom. The molecule has 0 bridgehead atoms. The van der Waals surface area contributed by atoms with Gasteiger partial charge in [-0.05, 0) is 31.7 Å². The minimum Gasteiger partial charge on any atom is -0.313 e. The monoisotopic (exact) mass is 213 g/mol. The fourth-order valence-electron chi connectivity index (χ4n) is 1.17. The molecule has 0 radical (unpaired) electrons. The van der Waals surface area contributed by atoms with Crippen LogP contribution in [-0.2, 0) is 9.84 Å². The maximum atomic E-state index is 11.2. The maximum absolute atomic E-state index is 11.2. The van der Waals surface area contributed by atoms with Crippen molar-refractivity contribution in [1.29, 1.82) is 0 Å². The van der Waals surface area contributed by atoms with Crippen LogP contribution in [0.2, 0.25) is 0 Å². The molecule has 0 spiro atoms. The van der Waals surface area contributed by atoms with E-state index in [9.17, 15) is 8.42 Å². The molecule has 14 heavy (non-hydrogen) atoms. The molecular formula is C10H15NO2S. The Bertz CT molecular complexity index is 395. The summed E-state index contributed by atoms with van der Waals surface area (Å²) in [5, 5.41) is 3.09. The number of nitrogens with one attached hydrogen (secondary N) is 1. The highest BCUT2D eigenvalue weighted by Crippen LogP contribution is 2.15. The summed E-state index contributed by atoms with van der Waals surface area (Å²) in [6, 6.07) is 7.18. The van der Waals surface area contributed by atoms with Crippen molar-refractivity contribution >= 4 is 9.84 Å². The largest absolute Gasteiger partial charge is 0.313 e. The zero-order chi connectivity index (χ0) is 10.8. The molecule has 4 heteroatoms. The molecule has 0 saturated heterocycles. The molecular weight excluding hydrogens is 198 g/mol. The first-order chi connectivity index (χ1) is 6.45. The molecule has 0 aliphatic heterocycles. The molecule has 0 saturated carbocycles. The fourth-order valence-corrected chi connectivity index (χ4v) is 1.80. The zero-order valence-electron chi connectivity index (χ0n) is 8.61. The summed E-state index contributed by atoms with van der Waals surface area (Å²) in [5.41, 5.74) is 1.08. The van der Waals surface area contributed by atoms with Crippen molar-refractivity contribution in [2.45, 2.75) is 17.9 Å². The summed E-state index contributed by atoms with van der Waals surface area (Å²) >= 11 is 0. The van der Waals surface area contributed by atoms with Gasteiger partial charge in [-0.3, -0.25) is 0 Å². The van der Waals surface area contributed by atoms with E-state index < -0.39 is 9.84 Å². The van der Waals surface area contributed by atoms with Crippen molar-refractivity contribution in [3.63, 3.8) is 0 Å². The van der Waals surface area contributed by atoms with Gasteiger partial charge < -0.3 is 5.32 Å². The minimum atomic E-state index is -3.07. The van der Waals surface area contributed by atoms with Gasteiger partial charge in [-0.1, -0.05) is 12.1 Å². The SMILES string of the molecule is CN[C@@H](C)c1ccc(S(C)(=O)=O)cc1. The second kappa shape index (κ2) is 4.11. The van der Waals surface area contributed by atoms with Gasteiger partial charge in [-0.25, -0.2) is 8.42 Å². The van der Waals surface area contributed by atoms with Gasteiger partial charge >= 0.3 is 0 Å². The van der Waals surface area contributed by atoms with Crippen molar-refractivity contribution in [2.75, 3.05) is 13.3 Å². The van der Waals surface area contributed by atoms with Crippen LogP contribution in [0.5, 0.6) is 0 Å². The second-order valence-electron chi connectivity index (χ2n) is 3.35. The summed E-state index contributed by atoms with van der Waals surface area (Å²) < 4.78 is 22.3. The number of hydrogen-bond acceptors (Lipinski definition) is 3. The molecule has 78 valence electrons. The van der Waals surface area contributed by atoms with Gasteiger partial charge in [0.1, 0.15) is 0 Å². The Morgan fingerprint density at radius 3 is 2.07 bits per heavy atom. The van der Waals surface area contributed by atoms with Gasteiger partial charge in [0.25, 0.3) is 0 Å². The second-order valence-corrected chi connectivity index (χ2v) is 5.37. The standard InChI is InChI=1S/C10H15NO2S/c1-8(11-2)9-4-6-10(7-5-9)14(3,12)13/h4-8,11H,1-3H3/t8-/m0/s1. The predicted octanol–water partition coefficient (Wildman–Crippen LogP) is 1.37. The zero-order valence-corrected chi connectivity index (χ0v) is 9.43. The van der Waals surface area contributed by atoms with Gasteiger partial charge in [0.2, 0.25) is 0 Å². The van der Waals surface area contributed by atoms with Gasteiger partial charge in [0.15, 0.2) is 9.84 Å². The average molecular weight is 213 g/mol. The lowest BCUT2D eigenvalue weighted by molar-refractivity contribution is 0.601. The van der Waals surface area contributed by atoms with Crippen molar-refractivity contribution in [3.8, 4) is 0 Å². The first kappa shape index (κ1) is 11.2. The van der Waals surface area contributed by atoms with E-state index in [1.54, 1.807) is 12.1 Å². The van der Waals surface area contributed by atoms with Crippen molar-refractivity contribution in [1.82, 2.24) is 5.32 Å². The quantitative estimate of drug-likeness (QED) is 0.825. The molecule has 0 fully saturated rings. The highest BCUT2D eigenvalue weighted by Gasteiger charge is 2.07. The van der Waals surface area contributed by atoms with E-state index in [2.05, 4.69) is 5.32 Å². The van der Waals surface area contributed by atoms with Crippen LogP contribution in [0.1, 0.15) is 18.5 Å². The Morgan fingerprint density at radius 2 is 1.71 bits per heavy atom. The lowest BCUT2D eigenvalue weighted by Gasteiger charge is -2.10. The first-order valence-corrected chi connectivity index (χ1v) is 6.31. The molecule has 1 aromatic rings. The van der Waals surface area contributed by atoms with E-state index >= 15 is 0 Å². The van der Waals surface area contributed by atoms with E-state index in [1.807, 2.05) is 26.1 Å². The highest BCUT2D eigenvalue weighted by molar-refractivity contribution is 7.90. The lowest BCUT2D eigenvalue weighted by Crippen LogP contribution is -2.12. The molecule has 3 nitrogen and oxygen atoms in total. The molecule has 1 atom stereocenters. The van der Waals surface area contributed by atoms with Crippen LogP contribution in [-0.4, -0.2) is 21.7 Å². The van der Waals surface area contributed by atoms with Crippen LogP contribution in [0.25, 0.3) is 0 Å². The lowest BCUT2D eigenvalue weighted by atomic mass is 10.1. The summed E-state index contributed by atoms with van der Waals surface area (Å²) in [4.78, 5) is 0.365.